The lowest BCUT2D eigenvalue weighted by molar-refractivity contribution is 0.888. The molecular formula is C14H17N5. The Morgan fingerprint density at radius 2 is 1.89 bits per heavy atom. The van der Waals surface area contributed by atoms with Gasteiger partial charge in [-0.2, -0.15) is 0 Å². The molecule has 5 nitrogen and oxygen atoms in total. The molecule has 0 aliphatic heterocycles. The van der Waals surface area contributed by atoms with Crippen molar-refractivity contribution >= 4 is 11.7 Å². The first kappa shape index (κ1) is 13.0. The van der Waals surface area contributed by atoms with Gasteiger partial charge in [-0.1, -0.05) is 29.8 Å². The van der Waals surface area contributed by atoms with Gasteiger partial charge in [-0.05, 0) is 12.5 Å². The van der Waals surface area contributed by atoms with Crippen molar-refractivity contribution in [1.29, 1.82) is 5.41 Å². The summed E-state index contributed by atoms with van der Waals surface area (Å²) in [6.45, 7) is 2.83. The van der Waals surface area contributed by atoms with E-state index in [2.05, 4.69) is 41.2 Å². The number of aromatic nitrogens is 2. The number of hydrogen-bond donors (Lipinski definition) is 2. The van der Waals surface area contributed by atoms with E-state index in [9.17, 15) is 0 Å². The number of rotatable bonds is 4. The molecule has 1 aromatic carbocycles. The summed E-state index contributed by atoms with van der Waals surface area (Å²) in [6, 6.07) is 8.38. The number of anilines is 1. The van der Waals surface area contributed by atoms with Gasteiger partial charge in [0.1, 0.15) is 17.3 Å². The van der Waals surface area contributed by atoms with Gasteiger partial charge in [0.15, 0.2) is 0 Å². The number of aryl methyl sites for hydroxylation is 1. The zero-order valence-corrected chi connectivity index (χ0v) is 11.1. The first-order chi connectivity index (χ1) is 9.06. The van der Waals surface area contributed by atoms with Crippen LogP contribution < -0.4 is 10.6 Å². The van der Waals surface area contributed by atoms with Crippen LogP contribution in [0.2, 0.25) is 0 Å². The van der Waals surface area contributed by atoms with Gasteiger partial charge >= 0.3 is 0 Å². The standard InChI is InChI=1S/C14H17N5/c1-10-3-5-11(6-4-10)9-19(2)13-8-17-12(7-18-13)14(15)16/h3-8H,9H2,1-2H3,(H3,15,16). The first-order valence-electron chi connectivity index (χ1n) is 5.99. The van der Waals surface area contributed by atoms with E-state index in [-0.39, 0.29) is 5.84 Å². The number of nitrogens with one attached hydrogen (secondary N) is 1. The van der Waals surface area contributed by atoms with Crippen LogP contribution in [0.25, 0.3) is 0 Å². The van der Waals surface area contributed by atoms with E-state index in [1.54, 1.807) is 6.20 Å². The van der Waals surface area contributed by atoms with Crippen molar-refractivity contribution in [2.45, 2.75) is 13.5 Å². The quantitative estimate of drug-likeness (QED) is 0.644. The van der Waals surface area contributed by atoms with Gasteiger partial charge in [0.2, 0.25) is 0 Å². The Kier molecular flexibility index (Phi) is 3.75. The molecule has 0 fully saturated rings. The minimum absolute atomic E-state index is 0.0692. The zero-order chi connectivity index (χ0) is 13.8. The van der Waals surface area contributed by atoms with Gasteiger partial charge in [0.25, 0.3) is 0 Å². The predicted molar refractivity (Wildman–Crippen MR) is 76.3 cm³/mol. The fraction of sp³-hybridized carbons (Fsp3) is 0.214. The number of nitrogens with zero attached hydrogens (tertiary/aromatic N) is 3. The lowest BCUT2D eigenvalue weighted by atomic mass is 10.1. The Hall–Kier alpha value is -2.43. The number of nitrogen functional groups attached to an aromatic ring is 1. The lowest BCUT2D eigenvalue weighted by Crippen LogP contribution is -2.19. The maximum Gasteiger partial charge on any atom is 0.147 e. The predicted octanol–water partition coefficient (Wildman–Crippen LogP) is 1.71. The highest BCUT2D eigenvalue weighted by molar-refractivity contribution is 5.92. The average Bonchev–Trinajstić information content (AvgIpc) is 2.41. The molecule has 0 spiro atoms. The van der Waals surface area contributed by atoms with Gasteiger partial charge in [-0.3, -0.25) is 5.41 Å². The number of hydrogen-bond acceptors (Lipinski definition) is 4. The van der Waals surface area contributed by atoms with Crippen LogP contribution in [-0.4, -0.2) is 22.9 Å². The molecule has 0 amide bonds. The van der Waals surface area contributed by atoms with E-state index in [1.807, 2.05) is 11.9 Å². The summed E-state index contributed by atoms with van der Waals surface area (Å²) in [6.07, 6.45) is 3.15. The Morgan fingerprint density at radius 1 is 1.21 bits per heavy atom. The highest BCUT2D eigenvalue weighted by Gasteiger charge is 2.05. The molecule has 5 heteroatoms. The fourth-order valence-electron chi connectivity index (χ4n) is 1.71. The van der Waals surface area contributed by atoms with Gasteiger partial charge in [-0.25, -0.2) is 9.97 Å². The van der Waals surface area contributed by atoms with E-state index in [4.69, 9.17) is 11.1 Å². The third-order valence-electron chi connectivity index (χ3n) is 2.85. The fourth-order valence-corrected chi connectivity index (χ4v) is 1.71. The van der Waals surface area contributed by atoms with Crippen molar-refractivity contribution in [1.82, 2.24) is 9.97 Å². The summed E-state index contributed by atoms with van der Waals surface area (Å²) in [5.74, 6) is 0.686. The second kappa shape index (κ2) is 5.48. The Bertz CT molecular complexity index is 559. The minimum atomic E-state index is -0.0692. The van der Waals surface area contributed by atoms with Crippen LogP contribution in [0.3, 0.4) is 0 Å². The van der Waals surface area contributed by atoms with Gasteiger partial charge < -0.3 is 10.6 Å². The molecular weight excluding hydrogens is 238 g/mol. The molecule has 0 saturated carbocycles. The summed E-state index contributed by atoms with van der Waals surface area (Å²) >= 11 is 0. The Balaban J connectivity index is 2.09. The van der Waals surface area contributed by atoms with Crippen LogP contribution in [0.5, 0.6) is 0 Å². The summed E-state index contributed by atoms with van der Waals surface area (Å²) in [7, 11) is 1.96. The molecule has 3 N–H and O–H groups in total. The largest absolute Gasteiger partial charge is 0.382 e. The molecule has 0 radical (unpaired) electrons. The maximum absolute atomic E-state index is 7.27. The number of nitrogens with two attached hydrogens (primary N) is 1. The molecule has 2 rings (SSSR count). The second-order valence-corrected chi connectivity index (χ2v) is 4.52. The second-order valence-electron chi connectivity index (χ2n) is 4.52. The molecule has 0 bridgehead atoms. The number of benzene rings is 1. The Morgan fingerprint density at radius 3 is 2.42 bits per heavy atom. The summed E-state index contributed by atoms with van der Waals surface area (Å²) in [5.41, 5.74) is 8.20. The molecule has 0 aliphatic carbocycles. The third kappa shape index (κ3) is 3.28. The van der Waals surface area contributed by atoms with Crippen molar-refractivity contribution in [3.8, 4) is 0 Å². The van der Waals surface area contributed by atoms with Gasteiger partial charge in [0.05, 0.1) is 12.4 Å². The number of amidine groups is 1. The van der Waals surface area contributed by atoms with Gasteiger partial charge in [-0.15, -0.1) is 0 Å². The van der Waals surface area contributed by atoms with E-state index in [1.165, 1.54) is 17.3 Å². The van der Waals surface area contributed by atoms with Crippen molar-refractivity contribution in [3.63, 3.8) is 0 Å². The van der Waals surface area contributed by atoms with Crippen LogP contribution in [-0.2, 0) is 6.54 Å². The van der Waals surface area contributed by atoms with E-state index in [0.717, 1.165) is 12.4 Å². The zero-order valence-electron chi connectivity index (χ0n) is 11.1. The van der Waals surface area contributed by atoms with Crippen molar-refractivity contribution < 1.29 is 0 Å². The van der Waals surface area contributed by atoms with Crippen molar-refractivity contribution in [2.75, 3.05) is 11.9 Å². The summed E-state index contributed by atoms with van der Waals surface area (Å²) < 4.78 is 0. The van der Waals surface area contributed by atoms with Crippen LogP contribution >= 0.6 is 0 Å². The van der Waals surface area contributed by atoms with Gasteiger partial charge in [0, 0.05) is 13.6 Å². The minimum Gasteiger partial charge on any atom is -0.382 e. The highest BCUT2D eigenvalue weighted by Crippen LogP contribution is 2.12. The monoisotopic (exact) mass is 255 g/mol. The van der Waals surface area contributed by atoms with Crippen LogP contribution in [0.15, 0.2) is 36.7 Å². The average molecular weight is 255 g/mol. The van der Waals surface area contributed by atoms with Crippen LogP contribution in [0.1, 0.15) is 16.8 Å². The molecule has 2 aromatic rings. The third-order valence-corrected chi connectivity index (χ3v) is 2.85. The smallest absolute Gasteiger partial charge is 0.147 e. The lowest BCUT2D eigenvalue weighted by Gasteiger charge is -2.18. The SMILES string of the molecule is Cc1ccc(CN(C)c2cnc(C(=N)N)cn2)cc1. The van der Waals surface area contributed by atoms with E-state index in [0.29, 0.717) is 5.69 Å². The Labute approximate surface area is 112 Å². The molecule has 98 valence electrons. The van der Waals surface area contributed by atoms with Crippen molar-refractivity contribution in [2.24, 2.45) is 5.73 Å². The highest BCUT2D eigenvalue weighted by atomic mass is 15.2. The molecule has 1 heterocycles. The first-order valence-corrected chi connectivity index (χ1v) is 5.99. The molecule has 0 aliphatic rings. The molecule has 0 unspecified atom stereocenters. The van der Waals surface area contributed by atoms with Crippen LogP contribution in [0.4, 0.5) is 5.82 Å². The topological polar surface area (TPSA) is 78.9 Å². The summed E-state index contributed by atoms with van der Waals surface area (Å²) in [5, 5.41) is 7.27. The van der Waals surface area contributed by atoms with Crippen LogP contribution in [0, 0.1) is 12.3 Å². The van der Waals surface area contributed by atoms with E-state index < -0.39 is 0 Å². The van der Waals surface area contributed by atoms with Crippen molar-refractivity contribution in [3.05, 3.63) is 53.5 Å². The molecule has 1 aromatic heterocycles. The summed E-state index contributed by atoms with van der Waals surface area (Å²) in [4.78, 5) is 10.4. The molecule has 19 heavy (non-hydrogen) atoms. The van der Waals surface area contributed by atoms with E-state index >= 15 is 0 Å². The maximum atomic E-state index is 7.27. The molecule has 0 atom stereocenters. The normalized spacial score (nSPS) is 10.2. The molecule has 0 saturated heterocycles.